The summed E-state index contributed by atoms with van der Waals surface area (Å²) in [5.41, 5.74) is 1.61. The van der Waals surface area contributed by atoms with Crippen molar-refractivity contribution in [2.24, 2.45) is 0 Å². The summed E-state index contributed by atoms with van der Waals surface area (Å²) in [5, 5.41) is 7.81. The van der Waals surface area contributed by atoms with Gasteiger partial charge in [0.25, 0.3) is 0 Å². The number of aromatic amines is 1. The Hall–Kier alpha value is -2.57. The molecule has 6 nitrogen and oxygen atoms in total. The molecule has 6 heteroatoms. The molecule has 0 bridgehead atoms. The second-order valence-electron chi connectivity index (χ2n) is 6.98. The first-order valence-electron chi connectivity index (χ1n) is 10.5. The first-order valence-corrected chi connectivity index (χ1v) is 10.5. The van der Waals surface area contributed by atoms with Crippen molar-refractivity contribution in [1.82, 2.24) is 15.6 Å². The van der Waals surface area contributed by atoms with E-state index in [0.717, 1.165) is 61.6 Å². The molecule has 0 spiro atoms. The van der Waals surface area contributed by atoms with E-state index in [1.54, 1.807) is 0 Å². The van der Waals surface area contributed by atoms with Crippen molar-refractivity contribution < 1.29 is 9.47 Å². The van der Waals surface area contributed by atoms with Gasteiger partial charge in [0.1, 0.15) is 11.5 Å². The maximum absolute atomic E-state index is 13.1. The van der Waals surface area contributed by atoms with Crippen LogP contribution in [0.15, 0.2) is 41.2 Å². The van der Waals surface area contributed by atoms with Crippen LogP contribution in [0.4, 0.5) is 0 Å². The van der Waals surface area contributed by atoms with E-state index >= 15 is 0 Å². The van der Waals surface area contributed by atoms with Crippen LogP contribution in [0.3, 0.4) is 0 Å². The zero-order valence-electron chi connectivity index (χ0n) is 17.3. The summed E-state index contributed by atoms with van der Waals surface area (Å²) in [7, 11) is 0. The monoisotopic (exact) mass is 397 g/mol. The Labute approximate surface area is 171 Å². The summed E-state index contributed by atoms with van der Waals surface area (Å²) in [4.78, 5) is 16.4. The van der Waals surface area contributed by atoms with Crippen LogP contribution in [0.1, 0.15) is 26.7 Å². The molecule has 29 heavy (non-hydrogen) atoms. The summed E-state index contributed by atoms with van der Waals surface area (Å²) in [5.74, 6) is 1.43. The summed E-state index contributed by atoms with van der Waals surface area (Å²) in [6.45, 7) is 9.17. The summed E-state index contributed by atoms with van der Waals surface area (Å²) < 4.78 is 11.6. The Morgan fingerprint density at radius 3 is 1.72 bits per heavy atom. The van der Waals surface area contributed by atoms with Crippen molar-refractivity contribution in [1.29, 1.82) is 0 Å². The van der Waals surface area contributed by atoms with Gasteiger partial charge in [-0.1, -0.05) is 13.8 Å². The van der Waals surface area contributed by atoms with Crippen LogP contribution in [0.25, 0.3) is 21.8 Å². The molecule has 0 saturated carbocycles. The van der Waals surface area contributed by atoms with Crippen molar-refractivity contribution in [2.45, 2.75) is 26.7 Å². The molecule has 1 aromatic heterocycles. The fraction of sp³-hybridized carbons (Fsp3) is 0.435. The van der Waals surface area contributed by atoms with Crippen molar-refractivity contribution in [3.8, 4) is 11.5 Å². The highest BCUT2D eigenvalue weighted by Gasteiger charge is 2.08. The molecule has 0 unspecified atom stereocenters. The third kappa shape index (κ3) is 5.71. The normalized spacial score (nSPS) is 11.2. The maximum Gasteiger partial charge on any atom is 0.197 e. The molecule has 0 aliphatic carbocycles. The molecule has 0 atom stereocenters. The number of rotatable bonds is 12. The lowest BCUT2D eigenvalue weighted by Gasteiger charge is -2.10. The van der Waals surface area contributed by atoms with E-state index in [1.807, 2.05) is 36.4 Å². The van der Waals surface area contributed by atoms with E-state index in [0.29, 0.717) is 24.0 Å². The highest BCUT2D eigenvalue weighted by Crippen LogP contribution is 2.23. The first-order chi connectivity index (χ1) is 14.2. The van der Waals surface area contributed by atoms with Gasteiger partial charge < -0.3 is 25.1 Å². The zero-order valence-corrected chi connectivity index (χ0v) is 17.3. The van der Waals surface area contributed by atoms with E-state index in [2.05, 4.69) is 29.5 Å². The largest absolute Gasteiger partial charge is 0.494 e. The molecule has 0 radical (unpaired) electrons. The molecule has 1 heterocycles. The number of pyridine rings is 1. The number of H-pyrrole nitrogens is 1. The van der Waals surface area contributed by atoms with Crippen LogP contribution in [0.2, 0.25) is 0 Å². The molecule has 2 aromatic carbocycles. The molecular formula is C23H31N3O3. The SMILES string of the molecule is CCNCCCOc1ccc2[nH]c3ccc(OCCCNCC)cc3c(=O)c2c1. The number of aromatic nitrogens is 1. The van der Waals surface area contributed by atoms with Crippen LogP contribution in [0.5, 0.6) is 11.5 Å². The van der Waals surface area contributed by atoms with Crippen molar-refractivity contribution in [2.75, 3.05) is 39.4 Å². The molecule has 0 aliphatic rings. The first kappa shape index (κ1) is 21.1. The minimum absolute atomic E-state index is 0.00931. The predicted octanol–water partition coefficient (Wildman–Crippen LogP) is 3.44. The maximum atomic E-state index is 13.1. The van der Waals surface area contributed by atoms with Crippen LogP contribution in [-0.2, 0) is 0 Å². The number of benzene rings is 2. The molecule has 0 aliphatic heterocycles. The van der Waals surface area contributed by atoms with Gasteiger partial charge in [0.15, 0.2) is 5.43 Å². The van der Waals surface area contributed by atoms with Crippen LogP contribution in [0, 0.1) is 0 Å². The van der Waals surface area contributed by atoms with Gasteiger partial charge >= 0.3 is 0 Å². The number of hydrogen-bond donors (Lipinski definition) is 3. The summed E-state index contributed by atoms with van der Waals surface area (Å²) >= 11 is 0. The van der Waals surface area contributed by atoms with Gasteiger partial charge in [0, 0.05) is 10.8 Å². The van der Waals surface area contributed by atoms with Crippen LogP contribution < -0.4 is 25.5 Å². The number of hydrogen-bond acceptors (Lipinski definition) is 5. The number of nitrogens with one attached hydrogen (secondary N) is 3. The average molecular weight is 398 g/mol. The topological polar surface area (TPSA) is 75.4 Å². The third-order valence-electron chi connectivity index (χ3n) is 4.77. The number of ether oxygens (including phenoxy) is 2. The molecule has 3 N–H and O–H groups in total. The van der Waals surface area contributed by atoms with Crippen molar-refractivity contribution in [3.63, 3.8) is 0 Å². The lowest BCUT2D eigenvalue weighted by Crippen LogP contribution is -2.16. The highest BCUT2D eigenvalue weighted by molar-refractivity contribution is 5.93. The van der Waals surface area contributed by atoms with Gasteiger partial charge in [-0.05, 0) is 75.4 Å². The molecule has 156 valence electrons. The van der Waals surface area contributed by atoms with Crippen molar-refractivity contribution in [3.05, 3.63) is 46.6 Å². The second kappa shape index (κ2) is 10.8. The molecule has 0 fully saturated rings. The van der Waals surface area contributed by atoms with Crippen LogP contribution in [-0.4, -0.2) is 44.4 Å². The standard InChI is InChI=1S/C23H31N3O3/c1-3-24-11-5-13-28-17-7-9-21-19(15-17)23(27)20-16-18(8-10-22(20)26-21)29-14-6-12-25-4-2/h7-10,15-16,24-25H,3-6,11-14H2,1-2H3,(H,26,27). The lowest BCUT2D eigenvalue weighted by atomic mass is 10.1. The zero-order chi connectivity index (χ0) is 20.5. The van der Waals surface area contributed by atoms with Crippen LogP contribution >= 0.6 is 0 Å². The van der Waals surface area contributed by atoms with Gasteiger partial charge in [0.2, 0.25) is 0 Å². The minimum Gasteiger partial charge on any atom is -0.494 e. The average Bonchev–Trinajstić information content (AvgIpc) is 2.74. The lowest BCUT2D eigenvalue weighted by molar-refractivity contribution is 0.309. The van der Waals surface area contributed by atoms with E-state index < -0.39 is 0 Å². The Balaban J connectivity index is 1.76. The fourth-order valence-corrected chi connectivity index (χ4v) is 3.24. The van der Waals surface area contributed by atoms with Gasteiger partial charge in [0.05, 0.1) is 24.2 Å². The van der Waals surface area contributed by atoms with Gasteiger partial charge in [-0.15, -0.1) is 0 Å². The Morgan fingerprint density at radius 2 is 1.28 bits per heavy atom. The predicted molar refractivity (Wildman–Crippen MR) is 119 cm³/mol. The van der Waals surface area contributed by atoms with Gasteiger partial charge in [-0.3, -0.25) is 4.79 Å². The Morgan fingerprint density at radius 1 is 0.793 bits per heavy atom. The quantitative estimate of drug-likeness (QED) is 0.322. The Bertz CT molecular complexity index is 909. The highest BCUT2D eigenvalue weighted by atomic mass is 16.5. The molecular weight excluding hydrogens is 366 g/mol. The van der Waals surface area contributed by atoms with Gasteiger partial charge in [-0.2, -0.15) is 0 Å². The van der Waals surface area contributed by atoms with E-state index in [4.69, 9.17) is 9.47 Å². The molecule has 3 aromatic rings. The molecule has 0 saturated heterocycles. The molecule has 3 rings (SSSR count). The fourth-order valence-electron chi connectivity index (χ4n) is 3.24. The van der Waals surface area contributed by atoms with Crippen molar-refractivity contribution >= 4 is 21.8 Å². The summed E-state index contributed by atoms with van der Waals surface area (Å²) in [6, 6.07) is 11.3. The van der Waals surface area contributed by atoms with E-state index in [-0.39, 0.29) is 5.43 Å². The Kier molecular flexibility index (Phi) is 7.90. The molecule has 0 amide bonds. The minimum atomic E-state index is -0.00931. The second-order valence-corrected chi connectivity index (χ2v) is 6.98. The number of fused-ring (bicyclic) bond motifs is 2. The smallest absolute Gasteiger partial charge is 0.197 e. The van der Waals surface area contributed by atoms with E-state index in [9.17, 15) is 4.79 Å². The van der Waals surface area contributed by atoms with Gasteiger partial charge in [-0.25, -0.2) is 0 Å². The van der Waals surface area contributed by atoms with E-state index in [1.165, 1.54) is 0 Å². The summed E-state index contributed by atoms with van der Waals surface area (Å²) in [6.07, 6.45) is 1.85. The third-order valence-corrected chi connectivity index (χ3v) is 4.77.